The molecule has 0 aliphatic rings. The summed E-state index contributed by atoms with van der Waals surface area (Å²) >= 11 is 3.38. The van der Waals surface area contributed by atoms with Gasteiger partial charge in [-0.1, -0.05) is 15.9 Å². The van der Waals surface area contributed by atoms with Gasteiger partial charge in [0.15, 0.2) is 5.96 Å². The quantitative estimate of drug-likeness (QED) is 0.325. The Hall–Kier alpha value is -1.16. The molecule has 0 bridgehead atoms. The van der Waals surface area contributed by atoms with E-state index in [0.29, 0.717) is 24.5 Å². The molecule has 0 aliphatic carbocycles. The SMILES string of the molecule is CN=C(NCCc1cc(Br)ccc1F)NC(C)Cc1c(C)nn(C)c1C.I. The van der Waals surface area contributed by atoms with Crippen LogP contribution in [0.1, 0.15) is 29.4 Å². The van der Waals surface area contributed by atoms with E-state index in [9.17, 15) is 4.39 Å². The molecule has 0 fully saturated rings. The number of guanidine groups is 1. The number of hydrogen-bond acceptors (Lipinski definition) is 2. The number of rotatable bonds is 6. The average molecular weight is 552 g/mol. The van der Waals surface area contributed by atoms with Gasteiger partial charge in [0.05, 0.1) is 5.69 Å². The summed E-state index contributed by atoms with van der Waals surface area (Å²) in [6.45, 7) is 6.84. The molecule has 0 radical (unpaired) electrons. The summed E-state index contributed by atoms with van der Waals surface area (Å²) in [5.74, 6) is 0.529. The molecule has 0 saturated heterocycles. The summed E-state index contributed by atoms with van der Waals surface area (Å²) in [5.41, 5.74) is 4.19. The highest BCUT2D eigenvalue weighted by Gasteiger charge is 2.14. The predicted octanol–water partition coefficient (Wildman–Crippen LogP) is 3.90. The van der Waals surface area contributed by atoms with Gasteiger partial charge < -0.3 is 10.6 Å². The maximum absolute atomic E-state index is 13.8. The van der Waals surface area contributed by atoms with Crippen LogP contribution in [0.15, 0.2) is 27.7 Å². The highest BCUT2D eigenvalue weighted by Crippen LogP contribution is 2.16. The Balaban J connectivity index is 0.00000364. The Labute approximate surface area is 186 Å². The molecule has 150 valence electrons. The fourth-order valence-corrected chi connectivity index (χ4v) is 3.36. The molecule has 1 heterocycles. The Morgan fingerprint density at radius 2 is 2.07 bits per heavy atom. The van der Waals surface area contributed by atoms with Gasteiger partial charge in [0.1, 0.15) is 5.82 Å². The van der Waals surface area contributed by atoms with Gasteiger partial charge in [0.25, 0.3) is 0 Å². The Kier molecular flexibility index (Phi) is 9.72. The van der Waals surface area contributed by atoms with E-state index in [4.69, 9.17) is 0 Å². The Morgan fingerprint density at radius 1 is 1.37 bits per heavy atom. The number of hydrogen-bond donors (Lipinski definition) is 2. The summed E-state index contributed by atoms with van der Waals surface area (Å²) in [5, 5.41) is 11.1. The van der Waals surface area contributed by atoms with E-state index in [1.807, 2.05) is 24.7 Å². The van der Waals surface area contributed by atoms with E-state index in [1.165, 1.54) is 17.3 Å². The fraction of sp³-hybridized carbons (Fsp3) is 0.474. The molecule has 1 atom stereocenters. The third kappa shape index (κ3) is 6.74. The second-order valence-electron chi connectivity index (χ2n) is 6.51. The Morgan fingerprint density at radius 3 is 2.67 bits per heavy atom. The summed E-state index contributed by atoms with van der Waals surface area (Å²) in [7, 11) is 3.70. The van der Waals surface area contributed by atoms with Gasteiger partial charge in [-0.15, -0.1) is 24.0 Å². The first kappa shape index (κ1) is 23.9. The molecule has 1 aromatic heterocycles. The van der Waals surface area contributed by atoms with Crippen LogP contribution in [0, 0.1) is 19.7 Å². The summed E-state index contributed by atoms with van der Waals surface area (Å²) in [4.78, 5) is 4.26. The van der Waals surface area contributed by atoms with Crippen molar-refractivity contribution in [3.63, 3.8) is 0 Å². The van der Waals surface area contributed by atoms with Gasteiger partial charge in [-0.3, -0.25) is 9.67 Å². The second kappa shape index (κ2) is 11.0. The van der Waals surface area contributed by atoms with Crippen LogP contribution in [0.4, 0.5) is 4.39 Å². The number of aliphatic imine (C=N–C) groups is 1. The van der Waals surface area contributed by atoms with E-state index in [2.05, 4.69) is 50.5 Å². The number of aromatic nitrogens is 2. The van der Waals surface area contributed by atoms with Gasteiger partial charge >= 0.3 is 0 Å². The predicted molar refractivity (Wildman–Crippen MR) is 124 cm³/mol. The van der Waals surface area contributed by atoms with Crippen molar-refractivity contribution in [2.75, 3.05) is 13.6 Å². The molecule has 0 saturated carbocycles. The molecule has 5 nitrogen and oxygen atoms in total. The maximum Gasteiger partial charge on any atom is 0.191 e. The standard InChI is InChI=1S/C19H27BrFN5.HI/c1-12(10-17-13(2)25-26(5)14(17)3)24-19(22-4)23-9-8-15-11-16(20)6-7-18(15)21;/h6-7,11-12H,8-10H2,1-5H3,(H2,22,23,24);1H. The monoisotopic (exact) mass is 551 g/mol. The van der Waals surface area contributed by atoms with Crippen molar-refractivity contribution >= 4 is 45.9 Å². The first-order valence-corrected chi connectivity index (χ1v) is 9.51. The van der Waals surface area contributed by atoms with E-state index in [-0.39, 0.29) is 35.8 Å². The highest BCUT2D eigenvalue weighted by atomic mass is 127. The highest BCUT2D eigenvalue weighted by molar-refractivity contribution is 14.0. The zero-order valence-corrected chi connectivity index (χ0v) is 20.4. The van der Waals surface area contributed by atoms with Crippen LogP contribution in [0.2, 0.25) is 0 Å². The van der Waals surface area contributed by atoms with Crippen molar-refractivity contribution in [1.29, 1.82) is 0 Å². The molecule has 1 aromatic carbocycles. The Bertz CT molecular complexity index is 791. The third-order valence-corrected chi connectivity index (χ3v) is 4.96. The van der Waals surface area contributed by atoms with Gasteiger partial charge in [-0.2, -0.15) is 5.10 Å². The number of nitrogens with zero attached hydrogens (tertiary/aromatic N) is 3. The zero-order valence-electron chi connectivity index (χ0n) is 16.4. The van der Waals surface area contributed by atoms with Crippen LogP contribution < -0.4 is 10.6 Å². The molecular weight excluding hydrogens is 524 g/mol. The van der Waals surface area contributed by atoms with Crippen LogP contribution >= 0.6 is 39.9 Å². The van der Waals surface area contributed by atoms with Gasteiger partial charge in [-0.25, -0.2) is 4.39 Å². The van der Waals surface area contributed by atoms with E-state index >= 15 is 0 Å². The first-order chi connectivity index (χ1) is 12.3. The first-order valence-electron chi connectivity index (χ1n) is 8.72. The molecule has 2 rings (SSSR count). The van der Waals surface area contributed by atoms with Gasteiger partial charge in [0, 0.05) is 36.8 Å². The smallest absolute Gasteiger partial charge is 0.191 e. The van der Waals surface area contributed by atoms with Crippen molar-refractivity contribution in [2.24, 2.45) is 12.0 Å². The molecule has 27 heavy (non-hydrogen) atoms. The van der Waals surface area contributed by atoms with Crippen LogP contribution in [0.3, 0.4) is 0 Å². The van der Waals surface area contributed by atoms with Crippen molar-refractivity contribution in [3.8, 4) is 0 Å². The minimum absolute atomic E-state index is 0. The van der Waals surface area contributed by atoms with Crippen molar-refractivity contribution < 1.29 is 4.39 Å². The lowest BCUT2D eigenvalue weighted by atomic mass is 10.1. The fourth-order valence-electron chi connectivity index (χ4n) is 2.95. The van der Waals surface area contributed by atoms with Crippen molar-refractivity contribution in [3.05, 3.63) is 51.0 Å². The molecule has 2 aromatic rings. The summed E-state index contributed by atoms with van der Waals surface area (Å²) in [6.07, 6.45) is 1.45. The lowest BCUT2D eigenvalue weighted by Crippen LogP contribution is -2.43. The van der Waals surface area contributed by atoms with Crippen LogP contribution in [0.25, 0.3) is 0 Å². The van der Waals surface area contributed by atoms with Gasteiger partial charge in [0.2, 0.25) is 0 Å². The molecule has 8 heteroatoms. The maximum atomic E-state index is 13.8. The second-order valence-corrected chi connectivity index (χ2v) is 7.42. The molecular formula is C19H28BrFIN5. The minimum atomic E-state index is -0.186. The molecule has 0 spiro atoms. The van der Waals surface area contributed by atoms with Crippen molar-refractivity contribution in [1.82, 2.24) is 20.4 Å². The van der Waals surface area contributed by atoms with E-state index < -0.39 is 0 Å². The number of aryl methyl sites for hydroxylation is 2. The molecule has 1 unspecified atom stereocenters. The lowest BCUT2D eigenvalue weighted by Gasteiger charge is -2.18. The third-order valence-electron chi connectivity index (χ3n) is 4.47. The topological polar surface area (TPSA) is 54.2 Å². The van der Waals surface area contributed by atoms with E-state index in [0.717, 1.165) is 16.6 Å². The number of halogens is 3. The molecule has 2 N–H and O–H groups in total. The van der Waals surface area contributed by atoms with Crippen LogP contribution in [-0.2, 0) is 19.9 Å². The number of benzene rings is 1. The summed E-state index contributed by atoms with van der Waals surface area (Å²) in [6, 6.07) is 5.19. The minimum Gasteiger partial charge on any atom is -0.356 e. The molecule has 0 amide bonds. The average Bonchev–Trinajstić information content (AvgIpc) is 2.83. The van der Waals surface area contributed by atoms with Gasteiger partial charge in [-0.05, 0) is 62.9 Å². The largest absolute Gasteiger partial charge is 0.356 e. The lowest BCUT2D eigenvalue weighted by molar-refractivity contribution is 0.603. The number of nitrogens with one attached hydrogen (secondary N) is 2. The van der Waals surface area contributed by atoms with Crippen LogP contribution in [0.5, 0.6) is 0 Å². The summed E-state index contributed by atoms with van der Waals surface area (Å²) < 4.78 is 16.6. The molecule has 0 aliphatic heterocycles. The van der Waals surface area contributed by atoms with Crippen molar-refractivity contribution in [2.45, 2.75) is 39.7 Å². The zero-order chi connectivity index (χ0) is 19.3. The normalized spacial score (nSPS) is 12.5. The van der Waals surface area contributed by atoms with Crippen LogP contribution in [-0.4, -0.2) is 35.4 Å². The van der Waals surface area contributed by atoms with E-state index in [1.54, 1.807) is 13.1 Å².